The molecule has 1 aromatic carbocycles. The van der Waals surface area contributed by atoms with Gasteiger partial charge in [-0.25, -0.2) is 4.68 Å². The second-order valence-corrected chi connectivity index (χ2v) is 5.02. The van der Waals surface area contributed by atoms with Crippen molar-refractivity contribution in [2.45, 2.75) is 32.9 Å². The summed E-state index contributed by atoms with van der Waals surface area (Å²) >= 11 is 0. The van der Waals surface area contributed by atoms with Crippen molar-refractivity contribution in [2.75, 3.05) is 13.7 Å². The van der Waals surface area contributed by atoms with Crippen LogP contribution in [0.2, 0.25) is 0 Å². The first-order valence-corrected chi connectivity index (χ1v) is 7.31. The number of carbonyl (C=O) groups excluding carboxylic acids is 1. The number of ether oxygens (including phenoxy) is 2. The number of rotatable bonds is 9. The largest absolute Gasteiger partial charge is 0.493 e. The molecular formula is C16H21N3O3. The zero-order valence-electron chi connectivity index (χ0n) is 13.0. The number of hydrogen-bond acceptors (Lipinski definition) is 5. The van der Waals surface area contributed by atoms with Gasteiger partial charge >= 0.3 is 0 Å². The summed E-state index contributed by atoms with van der Waals surface area (Å²) in [6.07, 6.45) is 2.50. The standard InChI is InChI=1S/C16H21N3O3/c1-13-7-3-4-8-16(13)22-10-6-5-9-19-15(12-21-2)14(11-20)17-18-19/h3-4,7-8,11H,5-6,9-10,12H2,1-2H3. The van der Waals surface area contributed by atoms with Crippen molar-refractivity contribution in [3.63, 3.8) is 0 Å². The Morgan fingerprint density at radius 2 is 2.09 bits per heavy atom. The van der Waals surface area contributed by atoms with Crippen molar-refractivity contribution in [3.8, 4) is 5.75 Å². The van der Waals surface area contributed by atoms with E-state index in [0.717, 1.165) is 29.8 Å². The number of hydrogen-bond donors (Lipinski definition) is 0. The molecule has 0 saturated heterocycles. The molecule has 0 amide bonds. The quantitative estimate of drug-likeness (QED) is 0.525. The fourth-order valence-electron chi connectivity index (χ4n) is 2.17. The van der Waals surface area contributed by atoms with E-state index in [0.29, 0.717) is 31.7 Å². The fourth-order valence-corrected chi connectivity index (χ4v) is 2.17. The minimum absolute atomic E-state index is 0.334. The summed E-state index contributed by atoms with van der Waals surface area (Å²) in [4.78, 5) is 10.9. The summed E-state index contributed by atoms with van der Waals surface area (Å²) in [5, 5.41) is 7.84. The molecule has 0 bridgehead atoms. The second kappa shape index (κ2) is 8.29. The number of unbranched alkanes of at least 4 members (excludes halogenated alkanes) is 1. The van der Waals surface area contributed by atoms with Crippen molar-refractivity contribution in [1.29, 1.82) is 0 Å². The highest BCUT2D eigenvalue weighted by Gasteiger charge is 2.11. The van der Waals surface area contributed by atoms with Crippen LogP contribution in [-0.4, -0.2) is 35.0 Å². The number of aldehydes is 1. The molecule has 6 nitrogen and oxygen atoms in total. The van der Waals surface area contributed by atoms with Gasteiger partial charge in [0, 0.05) is 13.7 Å². The molecule has 0 N–H and O–H groups in total. The Labute approximate surface area is 130 Å². The van der Waals surface area contributed by atoms with E-state index in [1.54, 1.807) is 11.8 Å². The van der Waals surface area contributed by atoms with Gasteiger partial charge in [0.05, 0.1) is 18.9 Å². The van der Waals surface area contributed by atoms with Gasteiger partial charge < -0.3 is 9.47 Å². The van der Waals surface area contributed by atoms with E-state index in [4.69, 9.17) is 9.47 Å². The number of benzene rings is 1. The molecule has 22 heavy (non-hydrogen) atoms. The lowest BCUT2D eigenvalue weighted by molar-refractivity contribution is 0.111. The highest BCUT2D eigenvalue weighted by atomic mass is 16.5. The summed E-state index contributed by atoms with van der Waals surface area (Å²) < 4.78 is 12.6. The van der Waals surface area contributed by atoms with Gasteiger partial charge in [-0.1, -0.05) is 23.4 Å². The number of nitrogens with zero attached hydrogens (tertiary/aromatic N) is 3. The Balaban J connectivity index is 1.78. The molecule has 0 aliphatic heterocycles. The van der Waals surface area contributed by atoms with Gasteiger partial charge in [0.25, 0.3) is 0 Å². The first kappa shape index (κ1) is 16.2. The summed E-state index contributed by atoms with van der Waals surface area (Å²) in [5.41, 5.74) is 2.20. The van der Waals surface area contributed by atoms with E-state index in [2.05, 4.69) is 10.3 Å². The zero-order chi connectivity index (χ0) is 15.8. The summed E-state index contributed by atoms with van der Waals surface area (Å²) in [6, 6.07) is 7.97. The van der Waals surface area contributed by atoms with Gasteiger partial charge in [0.1, 0.15) is 5.75 Å². The van der Waals surface area contributed by atoms with Crippen molar-refractivity contribution in [1.82, 2.24) is 15.0 Å². The number of para-hydroxylation sites is 1. The van der Waals surface area contributed by atoms with Crippen LogP contribution in [0.4, 0.5) is 0 Å². The van der Waals surface area contributed by atoms with Crippen LogP contribution in [0.1, 0.15) is 34.6 Å². The Morgan fingerprint density at radius 3 is 2.82 bits per heavy atom. The average Bonchev–Trinajstić information content (AvgIpc) is 2.91. The monoisotopic (exact) mass is 303 g/mol. The van der Waals surface area contributed by atoms with E-state index < -0.39 is 0 Å². The summed E-state index contributed by atoms with van der Waals surface area (Å²) in [7, 11) is 1.59. The van der Waals surface area contributed by atoms with Crippen LogP contribution in [-0.2, 0) is 17.9 Å². The SMILES string of the molecule is COCc1c(C=O)nnn1CCCCOc1ccccc1C. The maximum Gasteiger partial charge on any atom is 0.172 e. The smallest absolute Gasteiger partial charge is 0.172 e. The van der Waals surface area contributed by atoms with Gasteiger partial charge in [-0.3, -0.25) is 4.79 Å². The Kier molecular flexibility index (Phi) is 6.09. The molecule has 0 aliphatic carbocycles. The first-order valence-electron chi connectivity index (χ1n) is 7.31. The third kappa shape index (κ3) is 4.14. The van der Waals surface area contributed by atoms with Crippen LogP contribution in [0, 0.1) is 6.92 Å². The molecule has 2 rings (SSSR count). The number of carbonyl (C=O) groups is 1. The van der Waals surface area contributed by atoms with Gasteiger partial charge in [0.15, 0.2) is 12.0 Å². The maximum atomic E-state index is 10.9. The summed E-state index contributed by atoms with van der Waals surface area (Å²) in [6.45, 7) is 3.71. The van der Waals surface area contributed by atoms with Crippen molar-refractivity contribution >= 4 is 6.29 Å². The fraction of sp³-hybridized carbons (Fsp3) is 0.438. The average molecular weight is 303 g/mol. The number of aryl methyl sites for hydroxylation is 2. The molecule has 2 aromatic rings. The molecule has 0 spiro atoms. The normalized spacial score (nSPS) is 10.6. The highest BCUT2D eigenvalue weighted by molar-refractivity contribution is 5.73. The molecular weight excluding hydrogens is 282 g/mol. The molecule has 0 atom stereocenters. The van der Waals surface area contributed by atoms with E-state index in [-0.39, 0.29) is 0 Å². The number of aromatic nitrogens is 3. The first-order chi connectivity index (χ1) is 10.8. The zero-order valence-corrected chi connectivity index (χ0v) is 13.0. The summed E-state index contributed by atoms with van der Waals surface area (Å²) in [5.74, 6) is 0.923. The number of methoxy groups -OCH3 is 1. The minimum Gasteiger partial charge on any atom is -0.493 e. The third-order valence-corrected chi connectivity index (χ3v) is 3.38. The van der Waals surface area contributed by atoms with Gasteiger partial charge in [0.2, 0.25) is 0 Å². The van der Waals surface area contributed by atoms with Gasteiger partial charge in [-0.15, -0.1) is 5.10 Å². The predicted molar refractivity (Wildman–Crippen MR) is 82.0 cm³/mol. The predicted octanol–water partition coefficient (Wildman–Crippen LogP) is 2.40. The molecule has 6 heteroatoms. The topological polar surface area (TPSA) is 66.2 Å². The Morgan fingerprint density at radius 1 is 1.27 bits per heavy atom. The second-order valence-electron chi connectivity index (χ2n) is 5.02. The Hall–Kier alpha value is -2.21. The van der Waals surface area contributed by atoms with E-state index in [1.807, 2.05) is 31.2 Å². The molecule has 0 fully saturated rings. The van der Waals surface area contributed by atoms with Crippen molar-refractivity contribution < 1.29 is 14.3 Å². The van der Waals surface area contributed by atoms with Crippen LogP contribution < -0.4 is 4.74 Å². The van der Waals surface area contributed by atoms with Crippen LogP contribution in [0.5, 0.6) is 5.75 Å². The molecule has 0 saturated carbocycles. The molecule has 0 radical (unpaired) electrons. The lowest BCUT2D eigenvalue weighted by Crippen LogP contribution is -2.09. The van der Waals surface area contributed by atoms with Gasteiger partial charge in [-0.05, 0) is 31.4 Å². The van der Waals surface area contributed by atoms with E-state index in [9.17, 15) is 4.79 Å². The van der Waals surface area contributed by atoms with Crippen LogP contribution in [0.3, 0.4) is 0 Å². The Bertz CT molecular complexity index is 610. The molecule has 0 unspecified atom stereocenters. The van der Waals surface area contributed by atoms with Crippen molar-refractivity contribution in [3.05, 3.63) is 41.2 Å². The van der Waals surface area contributed by atoms with E-state index in [1.165, 1.54) is 0 Å². The van der Waals surface area contributed by atoms with E-state index >= 15 is 0 Å². The molecule has 1 aromatic heterocycles. The molecule has 1 heterocycles. The molecule has 0 aliphatic rings. The van der Waals surface area contributed by atoms with Crippen LogP contribution >= 0.6 is 0 Å². The lowest BCUT2D eigenvalue weighted by Gasteiger charge is -2.09. The lowest BCUT2D eigenvalue weighted by atomic mass is 10.2. The van der Waals surface area contributed by atoms with Crippen LogP contribution in [0.15, 0.2) is 24.3 Å². The van der Waals surface area contributed by atoms with Crippen LogP contribution in [0.25, 0.3) is 0 Å². The maximum absolute atomic E-state index is 10.9. The minimum atomic E-state index is 0.334. The third-order valence-electron chi connectivity index (χ3n) is 3.38. The van der Waals surface area contributed by atoms with Gasteiger partial charge in [-0.2, -0.15) is 0 Å². The van der Waals surface area contributed by atoms with Crippen molar-refractivity contribution in [2.24, 2.45) is 0 Å². The highest BCUT2D eigenvalue weighted by Crippen LogP contribution is 2.16. The molecule has 118 valence electrons.